The lowest BCUT2D eigenvalue weighted by Gasteiger charge is -2.30. The van der Waals surface area contributed by atoms with Gasteiger partial charge in [0.2, 0.25) is 11.5 Å². The minimum absolute atomic E-state index is 0.0271. The van der Waals surface area contributed by atoms with E-state index < -0.39 is 7.82 Å². The Morgan fingerprint density at radius 1 is 0.750 bits per heavy atom. The van der Waals surface area contributed by atoms with Crippen molar-refractivity contribution < 1.29 is 42.6 Å². The quantitative estimate of drug-likeness (QED) is 0.420. The van der Waals surface area contributed by atoms with Gasteiger partial charge < -0.3 is 42.6 Å². The van der Waals surface area contributed by atoms with Crippen LogP contribution in [0.15, 0.2) is 29.6 Å². The van der Waals surface area contributed by atoms with Crippen molar-refractivity contribution in [2.75, 3.05) is 35.5 Å². The summed E-state index contributed by atoms with van der Waals surface area (Å²) in [5, 5.41) is 1.76. The van der Waals surface area contributed by atoms with Crippen LogP contribution in [0.2, 0.25) is 0 Å². The van der Waals surface area contributed by atoms with Gasteiger partial charge >= 0.3 is 0 Å². The molecule has 1 heterocycles. The van der Waals surface area contributed by atoms with Crippen LogP contribution in [0.5, 0.6) is 34.5 Å². The largest absolute Gasteiger partial charge is 0.780 e. The molecule has 2 aromatic carbocycles. The number of methoxy groups -OCH3 is 5. The predicted octanol–water partition coefficient (Wildman–Crippen LogP) is 2.73. The number of aromatic nitrogens is 1. The van der Waals surface area contributed by atoms with Gasteiger partial charge in [0.05, 0.1) is 41.2 Å². The summed E-state index contributed by atoms with van der Waals surface area (Å²) in [6.45, 7) is 0. The van der Waals surface area contributed by atoms with E-state index in [0.29, 0.717) is 39.6 Å². The monoisotopic (exact) mass is 481 g/mol. The van der Waals surface area contributed by atoms with E-state index in [2.05, 4.69) is 8.90 Å². The van der Waals surface area contributed by atoms with Crippen LogP contribution in [-0.2, 0) is 4.57 Å². The fourth-order valence-electron chi connectivity index (χ4n) is 3.14. The zero-order valence-electron chi connectivity index (χ0n) is 17.9. The van der Waals surface area contributed by atoms with Crippen molar-refractivity contribution in [1.29, 1.82) is 0 Å². The van der Waals surface area contributed by atoms with Crippen LogP contribution in [0.1, 0.15) is 0 Å². The van der Waals surface area contributed by atoms with Crippen molar-refractivity contribution in [2.45, 2.75) is 0 Å². The van der Waals surface area contributed by atoms with Gasteiger partial charge in [-0.3, -0.25) is 0 Å². The Morgan fingerprint density at radius 2 is 1.22 bits per heavy atom. The second-order valence-electron chi connectivity index (χ2n) is 6.24. The number of phosphoric ester groups is 1. The van der Waals surface area contributed by atoms with Gasteiger partial charge in [-0.25, -0.2) is 0 Å². The molecule has 172 valence electrons. The lowest BCUT2D eigenvalue weighted by molar-refractivity contribution is -0.333. The third-order valence-corrected chi connectivity index (χ3v) is 5.52. The van der Waals surface area contributed by atoms with Crippen LogP contribution < -0.4 is 38.0 Å². The first-order valence-corrected chi connectivity index (χ1v) is 11.3. The van der Waals surface area contributed by atoms with Crippen molar-refractivity contribution in [3.8, 4) is 56.9 Å². The van der Waals surface area contributed by atoms with E-state index in [1.54, 1.807) is 23.6 Å². The highest BCUT2D eigenvalue weighted by molar-refractivity contribution is 7.43. The third kappa shape index (κ3) is 4.76. The summed E-state index contributed by atoms with van der Waals surface area (Å²) in [5.74, 6) is 1.17. The van der Waals surface area contributed by atoms with Crippen LogP contribution in [0.25, 0.3) is 22.4 Å². The first kappa shape index (κ1) is 23.7. The molecule has 0 N–H and O–H groups in total. The van der Waals surface area contributed by atoms with Crippen molar-refractivity contribution in [2.24, 2.45) is 0 Å². The molecule has 12 heteroatoms. The standard InChI is InChI=1S/C20H22NO9PS/c1-25-14-6-11(7-17(20(14)29-5)30-31(22,23)24)13-10-32-21-18(13)12-8-15(26-2)19(28-4)16(9-12)27-3/h6-10H,1-5H3,(H2,22,23,24)/p-2. The molecule has 0 saturated heterocycles. The molecule has 0 unspecified atom stereocenters. The molecule has 0 radical (unpaired) electrons. The predicted molar refractivity (Wildman–Crippen MR) is 114 cm³/mol. The second kappa shape index (κ2) is 9.66. The average Bonchev–Trinajstić information content (AvgIpc) is 3.26. The van der Waals surface area contributed by atoms with E-state index in [1.807, 2.05) is 0 Å². The van der Waals surface area contributed by atoms with Crippen molar-refractivity contribution in [3.05, 3.63) is 29.6 Å². The molecule has 0 aliphatic heterocycles. The molecule has 0 bridgehead atoms. The maximum Gasteiger partial charge on any atom is 0.203 e. The van der Waals surface area contributed by atoms with E-state index in [1.165, 1.54) is 53.1 Å². The molecule has 0 aliphatic rings. The number of hydrogen-bond donors (Lipinski definition) is 0. The molecule has 10 nitrogen and oxygen atoms in total. The zero-order valence-corrected chi connectivity index (χ0v) is 19.6. The SMILES string of the molecule is COc1cc(-c2nscc2-c2cc(OC)c(OC)c(OP(=O)([O-])[O-])c2)cc(OC)c1OC. The smallest absolute Gasteiger partial charge is 0.203 e. The molecule has 0 spiro atoms. The van der Waals surface area contributed by atoms with Crippen LogP contribution in [0.4, 0.5) is 0 Å². The van der Waals surface area contributed by atoms with Gasteiger partial charge in [0.25, 0.3) is 0 Å². The highest BCUT2D eigenvalue weighted by Gasteiger charge is 2.21. The van der Waals surface area contributed by atoms with Crippen molar-refractivity contribution in [1.82, 2.24) is 4.37 Å². The van der Waals surface area contributed by atoms with Crippen LogP contribution >= 0.6 is 19.4 Å². The number of phosphoric acid groups is 1. The molecule has 3 rings (SSSR count). The number of nitrogens with zero attached hydrogens (tertiary/aromatic N) is 1. The fourth-order valence-corrected chi connectivity index (χ4v) is 4.23. The van der Waals surface area contributed by atoms with E-state index in [0.717, 1.165) is 0 Å². The summed E-state index contributed by atoms with van der Waals surface area (Å²) in [4.78, 5) is 22.5. The second-order valence-corrected chi connectivity index (χ2v) is 7.95. The minimum Gasteiger partial charge on any atom is -0.780 e. The topological polar surface area (TPSA) is 131 Å². The Kier molecular flexibility index (Phi) is 7.15. The summed E-state index contributed by atoms with van der Waals surface area (Å²) in [6, 6.07) is 6.47. The molecule has 0 fully saturated rings. The van der Waals surface area contributed by atoms with Gasteiger partial charge in [-0.1, -0.05) is 0 Å². The maximum atomic E-state index is 11.3. The van der Waals surface area contributed by atoms with Crippen LogP contribution in [0.3, 0.4) is 0 Å². The molecule has 0 atom stereocenters. The Hall–Kier alpha value is -2.98. The van der Waals surface area contributed by atoms with Crippen molar-refractivity contribution in [3.63, 3.8) is 0 Å². The molecular weight excluding hydrogens is 461 g/mol. The molecule has 32 heavy (non-hydrogen) atoms. The normalized spacial score (nSPS) is 11.1. The van der Waals surface area contributed by atoms with E-state index >= 15 is 0 Å². The van der Waals surface area contributed by atoms with Gasteiger partial charge in [-0.15, -0.1) is 0 Å². The van der Waals surface area contributed by atoms with E-state index in [-0.39, 0.29) is 17.2 Å². The summed E-state index contributed by atoms with van der Waals surface area (Å²) in [6.07, 6.45) is 0. The lowest BCUT2D eigenvalue weighted by atomic mass is 10.0. The highest BCUT2D eigenvalue weighted by Crippen LogP contribution is 2.48. The van der Waals surface area contributed by atoms with E-state index in [9.17, 15) is 14.4 Å². The Balaban J connectivity index is 2.20. The summed E-state index contributed by atoms with van der Waals surface area (Å²) >= 11 is 1.18. The number of hydrogen-bond acceptors (Lipinski definition) is 11. The van der Waals surface area contributed by atoms with Crippen LogP contribution in [0, 0.1) is 0 Å². The van der Waals surface area contributed by atoms with Gasteiger partial charge in [-0.05, 0) is 41.4 Å². The Labute approximate surface area is 188 Å². The maximum absolute atomic E-state index is 11.3. The number of ether oxygens (including phenoxy) is 5. The Bertz CT molecular complexity index is 1130. The lowest BCUT2D eigenvalue weighted by Crippen LogP contribution is -2.19. The molecule has 1 aromatic heterocycles. The van der Waals surface area contributed by atoms with Gasteiger partial charge in [-0.2, -0.15) is 4.37 Å². The summed E-state index contributed by atoms with van der Waals surface area (Å²) in [5.41, 5.74) is 2.33. The third-order valence-electron chi connectivity index (χ3n) is 4.47. The Morgan fingerprint density at radius 3 is 1.69 bits per heavy atom. The minimum atomic E-state index is -5.35. The summed E-state index contributed by atoms with van der Waals surface area (Å²) < 4.78 is 47.0. The van der Waals surface area contributed by atoms with E-state index in [4.69, 9.17) is 23.7 Å². The molecule has 0 amide bonds. The first-order valence-electron chi connectivity index (χ1n) is 8.99. The molecule has 3 aromatic rings. The van der Waals surface area contributed by atoms with Gasteiger partial charge in [0.1, 0.15) is 7.82 Å². The fraction of sp³-hybridized carbons (Fsp3) is 0.250. The first-order chi connectivity index (χ1) is 15.3. The molecule has 0 aliphatic carbocycles. The van der Waals surface area contributed by atoms with Crippen molar-refractivity contribution >= 4 is 19.4 Å². The zero-order chi connectivity index (χ0) is 23.5. The molecule has 0 saturated carbocycles. The van der Waals surface area contributed by atoms with Crippen LogP contribution in [-0.4, -0.2) is 39.9 Å². The number of benzene rings is 2. The van der Waals surface area contributed by atoms with Gasteiger partial charge in [0.15, 0.2) is 23.0 Å². The van der Waals surface area contributed by atoms with Gasteiger partial charge in [0, 0.05) is 16.5 Å². The number of rotatable bonds is 9. The summed E-state index contributed by atoms with van der Waals surface area (Å²) in [7, 11) is 1.85. The highest BCUT2D eigenvalue weighted by atomic mass is 32.1. The average molecular weight is 481 g/mol. The molecular formula is C20H20NO9PS-2.